The van der Waals surface area contributed by atoms with Crippen molar-refractivity contribution in [3.8, 4) is 0 Å². The Labute approximate surface area is 278 Å². The zero-order chi connectivity index (χ0) is 33.9. The van der Waals surface area contributed by atoms with Gasteiger partial charge in [-0.15, -0.1) is 0 Å². The molecule has 11 heteroatoms. The Hall–Kier alpha value is -3.93. The lowest BCUT2D eigenvalue weighted by Gasteiger charge is -2.65. The lowest BCUT2D eigenvalue weighted by atomic mass is 9.41. The maximum Gasteiger partial charge on any atom is 0.331 e. The van der Waals surface area contributed by atoms with E-state index in [1.165, 1.54) is 30.3 Å². The highest BCUT2D eigenvalue weighted by molar-refractivity contribution is 6.05. The first kappa shape index (κ1) is 32.6. The van der Waals surface area contributed by atoms with Gasteiger partial charge in [0.25, 0.3) is 11.8 Å². The van der Waals surface area contributed by atoms with E-state index in [0.29, 0.717) is 44.2 Å². The minimum Gasteiger partial charge on any atom is -0.458 e. The third-order valence-electron chi connectivity index (χ3n) is 12.6. The second-order valence-electron chi connectivity index (χ2n) is 14.8. The summed E-state index contributed by atoms with van der Waals surface area (Å²) in [4.78, 5) is 37.8. The molecule has 0 saturated heterocycles. The number of hydrogen-bond acceptors (Lipinski definition) is 8. The van der Waals surface area contributed by atoms with Crippen molar-refractivity contribution < 1.29 is 38.8 Å². The predicted octanol–water partition coefficient (Wildman–Crippen LogP) is 4.51. The normalized spacial score (nSPS) is 37.2. The molecule has 0 spiro atoms. The minimum absolute atomic E-state index is 0.0315. The van der Waals surface area contributed by atoms with E-state index in [1.807, 2.05) is 0 Å². The quantitative estimate of drug-likeness (QED) is 0.174. The van der Waals surface area contributed by atoms with Gasteiger partial charge in [0, 0.05) is 46.4 Å². The van der Waals surface area contributed by atoms with Gasteiger partial charge in [-0.3, -0.25) is 9.59 Å². The number of aliphatic hydroxyl groups excluding tert-OH is 1. The first-order chi connectivity index (χ1) is 22.9. The van der Waals surface area contributed by atoms with Crippen LogP contribution in [0.2, 0.25) is 0 Å². The van der Waals surface area contributed by atoms with Crippen molar-refractivity contribution >= 4 is 29.7 Å². The number of nitrogens with zero attached hydrogens (tertiary/aromatic N) is 1. The van der Waals surface area contributed by atoms with Gasteiger partial charge in [0.2, 0.25) is 0 Å². The number of carbonyl (C=O) groups is 3. The number of esters is 1. The van der Waals surface area contributed by atoms with Crippen LogP contribution in [0.15, 0.2) is 65.3 Å². The molecule has 0 bridgehead atoms. The van der Waals surface area contributed by atoms with Gasteiger partial charge in [-0.25, -0.2) is 14.6 Å². The van der Waals surface area contributed by atoms with Gasteiger partial charge >= 0.3 is 5.97 Å². The topological polar surface area (TPSA) is 158 Å². The molecule has 4 saturated carbocycles. The second kappa shape index (κ2) is 11.9. The van der Waals surface area contributed by atoms with Crippen LogP contribution in [0.25, 0.3) is 0 Å². The predicted molar refractivity (Wildman–Crippen MR) is 174 cm³/mol. The van der Waals surface area contributed by atoms with Crippen molar-refractivity contribution in [2.24, 2.45) is 33.7 Å². The summed E-state index contributed by atoms with van der Waals surface area (Å²) in [6, 6.07) is 11.5. The molecule has 4 aliphatic carbocycles. The van der Waals surface area contributed by atoms with E-state index in [0.717, 1.165) is 18.4 Å². The molecular weight excluding hydrogens is 617 g/mol. The number of rotatable bonds is 6. The average Bonchev–Trinajstić information content (AvgIpc) is 3.60. The molecule has 2 aromatic rings. The Morgan fingerprint density at radius 1 is 0.958 bits per heavy atom. The second-order valence-corrected chi connectivity index (χ2v) is 14.8. The van der Waals surface area contributed by atoms with Crippen molar-refractivity contribution in [2.75, 3.05) is 11.9 Å². The molecule has 1 heterocycles. The molecule has 8 atom stereocenters. The molecule has 254 valence electrons. The fourth-order valence-electron chi connectivity index (χ4n) is 10.2. The van der Waals surface area contributed by atoms with Crippen LogP contribution >= 0.6 is 0 Å². The van der Waals surface area contributed by atoms with Crippen LogP contribution in [0.4, 0.5) is 10.1 Å². The smallest absolute Gasteiger partial charge is 0.331 e. The summed E-state index contributed by atoms with van der Waals surface area (Å²) in [6.07, 6.45) is 7.43. The molecule has 48 heavy (non-hydrogen) atoms. The summed E-state index contributed by atoms with van der Waals surface area (Å²) >= 11 is 0. The Bertz CT molecular complexity index is 1700. The van der Waals surface area contributed by atoms with E-state index in [2.05, 4.69) is 22.8 Å². The first-order valence-electron chi connectivity index (χ1n) is 16.9. The number of hydrogen-bond donors (Lipinski definition) is 5. The highest BCUT2D eigenvalue weighted by Crippen LogP contribution is 2.70. The van der Waals surface area contributed by atoms with Gasteiger partial charge in [0.15, 0.2) is 0 Å². The summed E-state index contributed by atoms with van der Waals surface area (Å²) in [5, 5.41) is 42.6. The molecule has 2 amide bonds. The zero-order valence-electron chi connectivity index (χ0n) is 27.0. The van der Waals surface area contributed by atoms with Crippen LogP contribution in [0.1, 0.15) is 85.4 Å². The van der Waals surface area contributed by atoms with Crippen LogP contribution in [-0.2, 0) is 9.53 Å². The number of hydrazone groups is 1. The number of aliphatic hydroxyl groups is 3. The van der Waals surface area contributed by atoms with Crippen LogP contribution in [0.3, 0.4) is 0 Å². The SMILES string of the molecule is C[C@]12CC[C@H]3[C@@H](CC[C@]4(O)C[C@H](O)CC[C@]34/C=N/NC(=O)c3cccc(NC(=O)c4ccc(F)cc4)c3)[C@@]1(O)CC[C@H]2C1=CC(=O)OC1. The summed E-state index contributed by atoms with van der Waals surface area (Å²) in [7, 11) is 0. The molecule has 5 aliphatic rings. The number of carbonyl (C=O) groups excluding carboxylic acids is 3. The highest BCUT2D eigenvalue weighted by Gasteiger charge is 2.71. The minimum atomic E-state index is -1.26. The van der Waals surface area contributed by atoms with Gasteiger partial charge in [0.1, 0.15) is 12.4 Å². The standard InChI is InChI=1S/C37H42FN3O7/c1-34-13-10-29-30(37(34,47)16-12-28(34)24-18-31(43)48-20-24)11-15-36(46)19-27(42)9-14-35(29,36)21-39-41-33(45)23-3-2-4-26(17-23)40-32(44)22-5-7-25(38)8-6-22/h2-8,17-18,21,27-30,42,46-47H,9-16,19-20H2,1H3,(H,40,44)(H,41,45)/b39-21+/t27-,28+,29+,30-,34-,35+,36+,37+/m1/s1. The number of nitrogens with one attached hydrogen (secondary N) is 2. The van der Waals surface area contributed by atoms with Gasteiger partial charge in [-0.05, 0) is 117 Å². The fourth-order valence-corrected chi connectivity index (χ4v) is 10.2. The van der Waals surface area contributed by atoms with Crippen molar-refractivity contribution in [1.29, 1.82) is 0 Å². The van der Waals surface area contributed by atoms with Gasteiger partial charge < -0.3 is 25.4 Å². The van der Waals surface area contributed by atoms with E-state index in [-0.39, 0.29) is 47.9 Å². The molecule has 0 aromatic heterocycles. The first-order valence-corrected chi connectivity index (χ1v) is 16.9. The van der Waals surface area contributed by atoms with Crippen molar-refractivity contribution in [3.63, 3.8) is 0 Å². The third-order valence-corrected chi connectivity index (χ3v) is 12.6. The van der Waals surface area contributed by atoms with Crippen molar-refractivity contribution in [2.45, 2.75) is 82.0 Å². The molecule has 7 rings (SSSR count). The maximum atomic E-state index is 13.3. The fraction of sp³-hybridized carbons (Fsp3) is 0.514. The molecule has 0 unspecified atom stereocenters. The summed E-state index contributed by atoms with van der Waals surface area (Å²) in [6.45, 7) is 2.40. The Kier molecular flexibility index (Phi) is 8.08. The molecule has 2 aromatic carbocycles. The van der Waals surface area contributed by atoms with Gasteiger partial charge in [-0.2, -0.15) is 5.10 Å². The summed E-state index contributed by atoms with van der Waals surface area (Å²) in [5.41, 5.74) is 0.839. The van der Waals surface area contributed by atoms with Crippen molar-refractivity contribution in [1.82, 2.24) is 5.43 Å². The molecule has 10 nitrogen and oxygen atoms in total. The summed E-state index contributed by atoms with van der Waals surface area (Å²) in [5.74, 6) is -1.99. The zero-order valence-corrected chi connectivity index (χ0v) is 27.0. The number of benzene rings is 2. The number of anilines is 1. The van der Waals surface area contributed by atoms with E-state index in [1.54, 1.807) is 30.5 Å². The van der Waals surface area contributed by atoms with Crippen LogP contribution in [0, 0.1) is 34.4 Å². The Morgan fingerprint density at radius 2 is 1.73 bits per heavy atom. The van der Waals surface area contributed by atoms with E-state index >= 15 is 0 Å². The number of ether oxygens (including phenoxy) is 1. The maximum absolute atomic E-state index is 13.3. The molecular formula is C37H42FN3O7. The van der Waals surface area contributed by atoms with Gasteiger partial charge in [0.05, 0.1) is 17.3 Å². The highest BCUT2D eigenvalue weighted by atomic mass is 19.1. The summed E-state index contributed by atoms with van der Waals surface area (Å²) < 4.78 is 18.5. The monoisotopic (exact) mass is 659 g/mol. The molecule has 4 fully saturated rings. The molecule has 1 aliphatic heterocycles. The average molecular weight is 660 g/mol. The lowest BCUT2D eigenvalue weighted by molar-refractivity contribution is -0.237. The largest absolute Gasteiger partial charge is 0.458 e. The number of halogens is 1. The van der Waals surface area contributed by atoms with E-state index in [9.17, 15) is 34.1 Å². The number of cyclic esters (lactones) is 1. The number of fused-ring (bicyclic) bond motifs is 5. The Balaban J connectivity index is 1.12. The van der Waals surface area contributed by atoms with Crippen LogP contribution in [-0.4, -0.2) is 63.2 Å². The van der Waals surface area contributed by atoms with E-state index < -0.39 is 45.8 Å². The Morgan fingerprint density at radius 3 is 2.48 bits per heavy atom. The number of amides is 2. The van der Waals surface area contributed by atoms with Crippen LogP contribution in [0.5, 0.6) is 0 Å². The van der Waals surface area contributed by atoms with Crippen LogP contribution < -0.4 is 10.7 Å². The molecule has 0 radical (unpaired) electrons. The van der Waals surface area contributed by atoms with E-state index in [4.69, 9.17) is 4.74 Å². The lowest BCUT2D eigenvalue weighted by Crippen LogP contribution is -2.68. The molecule has 5 N–H and O–H groups in total. The van der Waals surface area contributed by atoms with Crippen molar-refractivity contribution in [3.05, 3.63) is 77.1 Å². The third kappa shape index (κ3) is 5.18. The van der Waals surface area contributed by atoms with Gasteiger partial charge in [-0.1, -0.05) is 13.0 Å².